The monoisotopic (exact) mass is 417 g/mol. The molecule has 2 amide bonds. The van der Waals surface area contributed by atoms with Gasteiger partial charge >= 0.3 is 6.03 Å². The Morgan fingerprint density at radius 2 is 1.77 bits per heavy atom. The van der Waals surface area contributed by atoms with Gasteiger partial charge in [-0.2, -0.15) is 0 Å². The SMILES string of the molecule is Cc1ccc2c(c1)C1(CCN(Cc3ccccc3)CC1)CN2C(=O)NC1CCCCC1. The number of nitrogens with zero attached hydrogens (tertiary/aromatic N) is 2. The Balaban J connectivity index is 1.32. The number of fused-ring (bicyclic) bond motifs is 2. The number of hydrogen-bond acceptors (Lipinski definition) is 2. The maximum atomic E-state index is 13.3. The Hall–Kier alpha value is -2.33. The number of rotatable bonds is 3. The third-order valence-corrected chi connectivity index (χ3v) is 7.72. The van der Waals surface area contributed by atoms with Crippen molar-refractivity contribution in [1.29, 1.82) is 0 Å². The van der Waals surface area contributed by atoms with E-state index in [0.717, 1.165) is 57.5 Å². The van der Waals surface area contributed by atoms with E-state index in [0.29, 0.717) is 6.04 Å². The number of aryl methyl sites for hydroxylation is 1. The van der Waals surface area contributed by atoms with Crippen LogP contribution < -0.4 is 10.2 Å². The van der Waals surface area contributed by atoms with Crippen molar-refractivity contribution in [1.82, 2.24) is 10.2 Å². The van der Waals surface area contributed by atoms with Crippen LogP contribution in [-0.2, 0) is 12.0 Å². The highest BCUT2D eigenvalue weighted by Gasteiger charge is 2.46. The molecule has 0 unspecified atom stereocenters. The van der Waals surface area contributed by atoms with Crippen molar-refractivity contribution in [2.24, 2.45) is 0 Å². The zero-order valence-electron chi connectivity index (χ0n) is 18.8. The third kappa shape index (κ3) is 4.23. The molecule has 0 bridgehead atoms. The summed E-state index contributed by atoms with van der Waals surface area (Å²) in [5, 5.41) is 3.36. The summed E-state index contributed by atoms with van der Waals surface area (Å²) in [5.41, 5.74) is 5.30. The van der Waals surface area contributed by atoms with Crippen LogP contribution in [0.1, 0.15) is 61.6 Å². The van der Waals surface area contributed by atoms with Crippen LogP contribution in [0.3, 0.4) is 0 Å². The molecule has 5 rings (SSSR count). The zero-order valence-corrected chi connectivity index (χ0v) is 18.8. The lowest BCUT2D eigenvalue weighted by Crippen LogP contribution is -2.49. The predicted octanol–water partition coefficient (Wildman–Crippen LogP) is 5.39. The predicted molar refractivity (Wildman–Crippen MR) is 127 cm³/mol. The summed E-state index contributed by atoms with van der Waals surface area (Å²) in [5.74, 6) is 0. The number of anilines is 1. The van der Waals surface area contributed by atoms with Gasteiger partial charge in [0.2, 0.25) is 0 Å². The van der Waals surface area contributed by atoms with Gasteiger partial charge in [0, 0.05) is 30.2 Å². The highest BCUT2D eigenvalue weighted by molar-refractivity contribution is 5.95. The van der Waals surface area contributed by atoms with Gasteiger partial charge in [0.25, 0.3) is 0 Å². The van der Waals surface area contributed by atoms with E-state index in [1.807, 2.05) is 0 Å². The molecule has 2 aromatic rings. The van der Waals surface area contributed by atoms with Gasteiger partial charge in [-0.25, -0.2) is 4.79 Å². The molecule has 1 aliphatic carbocycles. The van der Waals surface area contributed by atoms with Crippen molar-refractivity contribution in [3.63, 3.8) is 0 Å². The topological polar surface area (TPSA) is 35.6 Å². The first-order chi connectivity index (χ1) is 15.1. The molecular weight excluding hydrogens is 382 g/mol. The number of nitrogens with one attached hydrogen (secondary N) is 1. The normalized spacial score (nSPS) is 21.3. The van der Waals surface area contributed by atoms with E-state index in [9.17, 15) is 4.79 Å². The summed E-state index contributed by atoms with van der Waals surface area (Å²) >= 11 is 0. The fraction of sp³-hybridized carbons (Fsp3) is 0.519. The first-order valence-corrected chi connectivity index (χ1v) is 12.1. The number of hydrogen-bond donors (Lipinski definition) is 1. The van der Waals surface area contributed by atoms with E-state index in [1.54, 1.807) is 0 Å². The molecule has 1 spiro atoms. The minimum Gasteiger partial charge on any atom is -0.335 e. The lowest BCUT2D eigenvalue weighted by Gasteiger charge is -2.40. The highest BCUT2D eigenvalue weighted by Crippen LogP contribution is 2.47. The molecule has 2 fully saturated rings. The maximum absolute atomic E-state index is 13.3. The van der Waals surface area contributed by atoms with Gasteiger partial charge in [-0.1, -0.05) is 67.3 Å². The van der Waals surface area contributed by atoms with Gasteiger partial charge in [-0.05, 0) is 62.9 Å². The van der Waals surface area contributed by atoms with E-state index < -0.39 is 0 Å². The molecule has 1 N–H and O–H groups in total. The van der Waals surface area contributed by atoms with Crippen LogP contribution in [0, 0.1) is 6.92 Å². The molecule has 0 aromatic heterocycles. The minimum atomic E-state index is 0.0957. The van der Waals surface area contributed by atoms with Crippen LogP contribution in [0.15, 0.2) is 48.5 Å². The van der Waals surface area contributed by atoms with E-state index in [-0.39, 0.29) is 11.4 Å². The summed E-state index contributed by atoms with van der Waals surface area (Å²) in [4.78, 5) is 17.9. The van der Waals surface area contributed by atoms with E-state index in [4.69, 9.17) is 0 Å². The van der Waals surface area contributed by atoms with Gasteiger partial charge in [0.15, 0.2) is 0 Å². The first kappa shape index (κ1) is 20.6. The highest BCUT2D eigenvalue weighted by atomic mass is 16.2. The van der Waals surface area contributed by atoms with Crippen molar-refractivity contribution in [2.45, 2.75) is 69.9 Å². The summed E-state index contributed by atoms with van der Waals surface area (Å²) in [7, 11) is 0. The minimum absolute atomic E-state index is 0.0957. The molecule has 0 atom stereocenters. The number of urea groups is 1. The average molecular weight is 418 g/mol. The maximum Gasteiger partial charge on any atom is 0.322 e. The Bertz CT molecular complexity index is 911. The van der Waals surface area contributed by atoms with Gasteiger partial charge < -0.3 is 5.32 Å². The largest absolute Gasteiger partial charge is 0.335 e. The van der Waals surface area contributed by atoms with Crippen LogP contribution in [0.5, 0.6) is 0 Å². The van der Waals surface area contributed by atoms with E-state index in [1.165, 1.54) is 36.0 Å². The quantitative estimate of drug-likeness (QED) is 0.727. The lowest BCUT2D eigenvalue weighted by molar-refractivity contribution is 0.159. The molecule has 31 heavy (non-hydrogen) atoms. The van der Waals surface area contributed by atoms with Crippen molar-refractivity contribution in [3.8, 4) is 0 Å². The van der Waals surface area contributed by atoms with Gasteiger partial charge in [-0.3, -0.25) is 9.80 Å². The Morgan fingerprint density at radius 1 is 1.03 bits per heavy atom. The summed E-state index contributed by atoms with van der Waals surface area (Å²) < 4.78 is 0. The molecule has 4 nitrogen and oxygen atoms in total. The molecule has 0 radical (unpaired) electrons. The number of carbonyl (C=O) groups is 1. The molecule has 2 aromatic carbocycles. The molecule has 1 saturated carbocycles. The van der Waals surface area contributed by atoms with Crippen LogP contribution in [0.4, 0.5) is 10.5 Å². The van der Waals surface area contributed by atoms with Crippen LogP contribution >= 0.6 is 0 Å². The molecule has 1 saturated heterocycles. The lowest BCUT2D eigenvalue weighted by atomic mass is 9.74. The zero-order chi connectivity index (χ0) is 21.3. The van der Waals surface area contributed by atoms with Crippen molar-refractivity contribution >= 4 is 11.7 Å². The second kappa shape index (κ2) is 8.66. The van der Waals surface area contributed by atoms with Crippen molar-refractivity contribution in [3.05, 3.63) is 65.2 Å². The molecular formula is C27H35N3O. The Morgan fingerprint density at radius 3 is 2.52 bits per heavy atom. The second-order valence-corrected chi connectivity index (χ2v) is 9.93. The van der Waals surface area contributed by atoms with Crippen LogP contribution in [0.25, 0.3) is 0 Å². The number of likely N-dealkylation sites (tertiary alicyclic amines) is 1. The molecule has 2 aliphatic heterocycles. The first-order valence-electron chi connectivity index (χ1n) is 12.1. The van der Waals surface area contributed by atoms with Crippen LogP contribution in [-0.4, -0.2) is 36.6 Å². The number of piperidine rings is 1. The summed E-state index contributed by atoms with van der Waals surface area (Å²) in [6.45, 7) is 6.18. The standard InChI is InChI=1S/C27H35N3O/c1-21-12-13-25-24(18-21)27(20-30(25)26(31)28-23-10-6-3-7-11-23)14-16-29(17-15-27)19-22-8-4-2-5-9-22/h2,4-5,8-9,12-13,18,23H,3,6-7,10-11,14-17,19-20H2,1H3,(H,28,31). The number of amides is 2. The second-order valence-electron chi connectivity index (χ2n) is 9.93. The summed E-state index contributed by atoms with van der Waals surface area (Å²) in [6.07, 6.45) is 8.26. The molecule has 3 aliphatic rings. The molecule has 2 heterocycles. The fourth-order valence-electron chi connectivity index (χ4n) is 5.87. The van der Waals surface area contributed by atoms with Crippen molar-refractivity contribution in [2.75, 3.05) is 24.5 Å². The molecule has 4 heteroatoms. The van der Waals surface area contributed by atoms with Gasteiger partial charge in [0.05, 0.1) is 0 Å². The Kier molecular flexibility index (Phi) is 5.75. The number of benzene rings is 2. The van der Waals surface area contributed by atoms with Crippen molar-refractivity contribution < 1.29 is 4.79 Å². The Labute approximate surface area is 186 Å². The fourth-order valence-corrected chi connectivity index (χ4v) is 5.87. The smallest absolute Gasteiger partial charge is 0.322 e. The van der Waals surface area contributed by atoms with E-state index >= 15 is 0 Å². The van der Waals surface area contributed by atoms with E-state index in [2.05, 4.69) is 70.6 Å². The summed E-state index contributed by atoms with van der Waals surface area (Å²) in [6, 6.07) is 17.9. The average Bonchev–Trinajstić information content (AvgIpc) is 3.10. The molecule has 164 valence electrons. The third-order valence-electron chi connectivity index (χ3n) is 7.72. The van der Waals surface area contributed by atoms with Gasteiger partial charge in [-0.15, -0.1) is 0 Å². The van der Waals surface area contributed by atoms with Crippen LogP contribution in [0.2, 0.25) is 0 Å². The van der Waals surface area contributed by atoms with Gasteiger partial charge in [0.1, 0.15) is 0 Å². The number of carbonyl (C=O) groups excluding carboxylic acids is 1.